The van der Waals surface area contributed by atoms with E-state index in [1.165, 1.54) is 18.4 Å². The highest BCUT2D eigenvalue weighted by atomic mass is 16.4. The third-order valence-electron chi connectivity index (χ3n) is 4.96. The molecule has 0 amide bonds. The van der Waals surface area contributed by atoms with Gasteiger partial charge in [-0.15, -0.1) is 0 Å². The number of nitrogens with zero attached hydrogens (tertiary/aromatic N) is 1. The van der Waals surface area contributed by atoms with Gasteiger partial charge in [0.25, 0.3) is 0 Å². The van der Waals surface area contributed by atoms with Gasteiger partial charge in [0, 0.05) is 23.0 Å². The number of aromatic nitrogens is 1. The van der Waals surface area contributed by atoms with Crippen LogP contribution >= 0.6 is 0 Å². The second-order valence-electron chi connectivity index (χ2n) is 6.75. The van der Waals surface area contributed by atoms with Crippen molar-refractivity contribution in [3.63, 3.8) is 0 Å². The van der Waals surface area contributed by atoms with Crippen LogP contribution in [0.5, 0.6) is 0 Å². The first-order chi connectivity index (χ1) is 12.2. The molecule has 4 nitrogen and oxygen atoms in total. The molecule has 3 aromatic rings. The molecule has 1 aliphatic carbocycles. The molecule has 0 bridgehead atoms. The van der Waals surface area contributed by atoms with E-state index in [2.05, 4.69) is 34.6 Å². The molecule has 0 saturated heterocycles. The molecular weight excluding hydrogens is 312 g/mol. The lowest BCUT2D eigenvalue weighted by atomic mass is 9.96. The summed E-state index contributed by atoms with van der Waals surface area (Å²) in [5.41, 5.74) is 3.93. The standard InChI is InChI=1S/C21H20N2O2/c24-20(25)13-16-12-19(17-8-4-5-9-18(17)23-16)22-14-21(10-11-21)15-6-2-1-3-7-15/h1-9,12H,10-11,13-14H2,(H,22,23)(H,24,25). The zero-order valence-electron chi connectivity index (χ0n) is 13.9. The van der Waals surface area contributed by atoms with Gasteiger partial charge in [-0.1, -0.05) is 48.5 Å². The molecule has 0 aliphatic heterocycles. The predicted octanol–water partition coefficient (Wildman–Crippen LogP) is 4.01. The van der Waals surface area contributed by atoms with Crippen molar-refractivity contribution >= 4 is 22.6 Å². The van der Waals surface area contributed by atoms with Gasteiger partial charge in [0.05, 0.1) is 17.6 Å². The zero-order valence-corrected chi connectivity index (χ0v) is 13.9. The van der Waals surface area contributed by atoms with Gasteiger partial charge in [0.2, 0.25) is 0 Å². The molecule has 1 fully saturated rings. The van der Waals surface area contributed by atoms with Crippen molar-refractivity contribution in [2.24, 2.45) is 0 Å². The van der Waals surface area contributed by atoms with Crippen molar-refractivity contribution < 1.29 is 9.90 Å². The van der Waals surface area contributed by atoms with Crippen LogP contribution in [0.2, 0.25) is 0 Å². The number of carboxylic acids is 1. The lowest BCUT2D eigenvalue weighted by Crippen LogP contribution is -2.20. The summed E-state index contributed by atoms with van der Waals surface area (Å²) in [5.74, 6) is -0.864. The Balaban J connectivity index is 1.63. The maximum atomic E-state index is 11.1. The van der Waals surface area contributed by atoms with Crippen molar-refractivity contribution in [1.29, 1.82) is 0 Å². The maximum Gasteiger partial charge on any atom is 0.309 e. The van der Waals surface area contributed by atoms with Crippen molar-refractivity contribution in [2.45, 2.75) is 24.7 Å². The van der Waals surface area contributed by atoms with Crippen LogP contribution in [0.25, 0.3) is 10.9 Å². The van der Waals surface area contributed by atoms with Gasteiger partial charge in [-0.2, -0.15) is 0 Å². The highest BCUT2D eigenvalue weighted by Crippen LogP contribution is 2.48. The molecule has 2 aromatic carbocycles. The number of nitrogens with one attached hydrogen (secondary N) is 1. The number of hydrogen-bond donors (Lipinski definition) is 2. The first-order valence-electron chi connectivity index (χ1n) is 8.56. The van der Waals surface area contributed by atoms with Crippen molar-refractivity contribution in [2.75, 3.05) is 11.9 Å². The molecule has 126 valence electrons. The van der Waals surface area contributed by atoms with E-state index in [1.54, 1.807) is 0 Å². The van der Waals surface area contributed by atoms with Crippen LogP contribution in [0, 0.1) is 0 Å². The average molecular weight is 332 g/mol. The Kier molecular flexibility index (Phi) is 3.88. The summed E-state index contributed by atoms with van der Waals surface area (Å²) in [6.45, 7) is 0.845. The van der Waals surface area contributed by atoms with Gasteiger partial charge in [-0.3, -0.25) is 9.78 Å². The highest BCUT2D eigenvalue weighted by molar-refractivity contribution is 5.92. The molecule has 1 heterocycles. The quantitative estimate of drug-likeness (QED) is 0.716. The molecule has 1 aliphatic rings. The van der Waals surface area contributed by atoms with Gasteiger partial charge >= 0.3 is 5.97 Å². The Hall–Kier alpha value is -2.88. The number of aliphatic carboxylic acids is 1. The minimum Gasteiger partial charge on any atom is -0.481 e. The lowest BCUT2D eigenvalue weighted by Gasteiger charge is -2.19. The third-order valence-corrected chi connectivity index (χ3v) is 4.96. The van der Waals surface area contributed by atoms with Crippen LogP contribution in [-0.4, -0.2) is 22.6 Å². The van der Waals surface area contributed by atoms with Crippen molar-refractivity contribution in [3.8, 4) is 0 Å². The van der Waals surface area contributed by atoms with Gasteiger partial charge in [-0.25, -0.2) is 0 Å². The lowest BCUT2D eigenvalue weighted by molar-refractivity contribution is -0.136. The van der Waals surface area contributed by atoms with Crippen LogP contribution in [-0.2, 0) is 16.6 Å². The molecule has 2 N–H and O–H groups in total. The Labute approximate surface area is 146 Å². The van der Waals surface area contributed by atoms with Gasteiger partial charge in [0.1, 0.15) is 0 Å². The van der Waals surface area contributed by atoms with Crippen LogP contribution in [0.1, 0.15) is 24.1 Å². The fraction of sp³-hybridized carbons (Fsp3) is 0.238. The Morgan fingerprint density at radius 2 is 1.80 bits per heavy atom. The molecule has 0 atom stereocenters. The van der Waals surface area contributed by atoms with E-state index < -0.39 is 5.97 Å². The second kappa shape index (κ2) is 6.20. The molecule has 4 heteroatoms. The van der Waals surface area contributed by atoms with E-state index in [9.17, 15) is 4.79 Å². The van der Waals surface area contributed by atoms with E-state index >= 15 is 0 Å². The van der Waals surface area contributed by atoms with Gasteiger partial charge in [-0.05, 0) is 30.5 Å². The highest BCUT2D eigenvalue weighted by Gasteiger charge is 2.43. The topological polar surface area (TPSA) is 62.2 Å². The number of fused-ring (bicyclic) bond motifs is 1. The molecule has 0 unspecified atom stereocenters. The number of carbonyl (C=O) groups is 1. The molecule has 4 rings (SSSR count). The fourth-order valence-electron chi connectivity index (χ4n) is 3.40. The number of anilines is 1. The maximum absolute atomic E-state index is 11.1. The molecular formula is C21H20N2O2. The van der Waals surface area contributed by atoms with E-state index in [4.69, 9.17) is 5.11 Å². The van der Waals surface area contributed by atoms with Crippen LogP contribution < -0.4 is 5.32 Å². The third kappa shape index (κ3) is 3.20. The zero-order chi connectivity index (χ0) is 17.3. The normalized spacial score (nSPS) is 15.0. The molecule has 1 saturated carbocycles. The van der Waals surface area contributed by atoms with E-state index in [1.807, 2.05) is 36.4 Å². The molecule has 0 radical (unpaired) electrons. The smallest absolute Gasteiger partial charge is 0.309 e. The van der Waals surface area contributed by atoms with Gasteiger partial charge < -0.3 is 10.4 Å². The summed E-state index contributed by atoms with van der Waals surface area (Å²) in [6, 6.07) is 20.3. The van der Waals surface area contributed by atoms with E-state index in [-0.39, 0.29) is 11.8 Å². The Bertz CT molecular complexity index is 918. The number of pyridine rings is 1. The number of benzene rings is 2. The summed E-state index contributed by atoms with van der Waals surface area (Å²) in [4.78, 5) is 15.5. The summed E-state index contributed by atoms with van der Waals surface area (Å²) in [6.07, 6.45) is 2.29. The molecule has 0 spiro atoms. The number of rotatable bonds is 6. The Morgan fingerprint density at radius 1 is 1.08 bits per heavy atom. The number of para-hydroxylation sites is 1. The summed E-state index contributed by atoms with van der Waals surface area (Å²) >= 11 is 0. The van der Waals surface area contributed by atoms with Gasteiger partial charge in [0.15, 0.2) is 0 Å². The predicted molar refractivity (Wildman–Crippen MR) is 98.9 cm³/mol. The summed E-state index contributed by atoms with van der Waals surface area (Å²) < 4.78 is 0. The van der Waals surface area contributed by atoms with Crippen LogP contribution in [0.15, 0.2) is 60.7 Å². The SMILES string of the molecule is O=C(O)Cc1cc(NCC2(c3ccccc3)CC2)c2ccccc2n1. The van der Waals surface area contributed by atoms with E-state index in [0.29, 0.717) is 5.69 Å². The number of hydrogen-bond acceptors (Lipinski definition) is 3. The molecule has 1 aromatic heterocycles. The van der Waals surface area contributed by atoms with Crippen LogP contribution in [0.4, 0.5) is 5.69 Å². The summed E-state index contributed by atoms with van der Waals surface area (Å²) in [7, 11) is 0. The first kappa shape index (κ1) is 15.6. The largest absolute Gasteiger partial charge is 0.481 e. The number of carboxylic acid groups (broad SMARTS) is 1. The summed E-state index contributed by atoms with van der Waals surface area (Å²) in [5, 5.41) is 13.7. The molecule has 25 heavy (non-hydrogen) atoms. The fourth-order valence-corrected chi connectivity index (χ4v) is 3.40. The average Bonchev–Trinajstić information content (AvgIpc) is 3.41. The van der Waals surface area contributed by atoms with E-state index in [0.717, 1.165) is 23.1 Å². The van der Waals surface area contributed by atoms with Crippen molar-refractivity contribution in [3.05, 3.63) is 71.9 Å². The van der Waals surface area contributed by atoms with Crippen LogP contribution in [0.3, 0.4) is 0 Å². The van der Waals surface area contributed by atoms with Crippen molar-refractivity contribution in [1.82, 2.24) is 4.98 Å². The first-order valence-corrected chi connectivity index (χ1v) is 8.56. The minimum absolute atomic E-state index is 0.0661. The minimum atomic E-state index is -0.864. The Morgan fingerprint density at radius 3 is 2.52 bits per heavy atom. The second-order valence-corrected chi connectivity index (χ2v) is 6.75. The monoisotopic (exact) mass is 332 g/mol.